The van der Waals surface area contributed by atoms with E-state index in [0.717, 1.165) is 10.9 Å². The van der Waals surface area contributed by atoms with Crippen molar-refractivity contribution < 1.29 is 9.59 Å². The lowest BCUT2D eigenvalue weighted by Gasteiger charge is -2.01. The van der Waals surface area contributed by atoms with Gasteiger partial charge in [-0.05, 0) is 13.0 Å². The van der Waals surface area contributed by atoms with E-state index in [1.165, 1.54) is 6.92 Å². The van der Waals surface area contributed by atoms with Crippen LogP contribution in [0.25, 0.3) is 10.9 Å². The number of para-hydroxylation sites is 1. The van der Waals surface area contributed by atoms with Crippen LogP contribution in [0.4, 0.5) is 0 Å². The molecule has 0 bridgehead atoms. The first-order valence-electron chi connectivity index (χ1n) is 6.77. The highest BCUT2D eigenvalue weighted by Gasteiger charge is 2.15. The largest absolute Gasteiger partial charge is 0.350 e. The fraction of sp³-hybridized carbons (Fsp3) is 0.111. The molecule has 3 nitrogen and oxygen atoms in total. The average Bonchev–Trinajstić information content (AvgIpc) is 2.84. The van der Waals surface area contributed by atoms with Gasteiger partial charge in [-0.1, -0.05) is 42.5 Å². The number of fused-ring (bicyclic) bond motifs is 1. The summed E-state index contributed by atoms with van der Waals surface area (Å²) in [6.45, 7) is 1.52. The van der Waals surface area contributed by atoms with Crippen molar-refractivity contribution in [2.45, 2.75) is 6.92 Å². The molecule has 0 aliphatic rings. The van der Waals surface area contributed by atoms with Crippen molar-refractivity contribution in [3.63, 3.8) is 0 Å². The zero-order chi connectivity index (χ0) is 15.0. The van der Waals surface area contributed by atoms with Crippen LogP contribution in [-0.4, -0.2) is 16.1 Å². The van der Waals surface area contributed by atoms with Crippen molar-refractivity contribution in [3.05, 3.63) is 71.4 Å². The first-order chi connectivity index (χ1) is 10.1. The van der Waals surface area contributed by atoms with Gasteiger partial charge in [-0.15, -0.1) is 0 Å². The summed E-state index contributed by atoms with van der Waals surface area (Å²) >= 11 is 0. The maximum atomic E-state index is 12.7. The lowest BCUT2D eigenvalue weighted by molar-refractivity contribution is 0.101. The summed E-state index contributed by atoms with van der Waals surface area (Å²) in [5.74, 6) is -0.0268. The van der Waals surface area contributed by atoms with E-state index in [-0.39, 0.29) is 11.6 Å². The summed E-state index contributed by atoms with van der Waals surface area (Å²) in [6, 6.07) is 14.6. The van der Waals surface area contributed by atoms with E-state index in [9.17, 15) is 9.59 Å². The fourth-order valence-corrected chi connectivity index (χ4v) is 2.53. The molecule has 0 saturated carbocycles. The van der Waals surface area contributed by atoms with Gasteiger partial charge in [-0.2, -0.15) is 0 Å². The van der Waals surface area contributed by atoms with Gasteiger partial charge < -0.3 is 4.57 Å². The number of hydrogen-bond donors (Lipinski definition) is 0. The van der Waals surface area contributed by atoms with Crippen molar-refractivity contribution in [1.82, 2.24) is 4.57 Å². The number of nitrogens with zero attached hydrogens (tertiary/aromatic N) is 1. The molecule has 0 fully saturated rings. The standard InChI is InChI=1S/C18H15NO2/c1-12(20)13-7-9-14(10-8-13)18(21)16-11-19(2)17-6-4-3-5-15(16)17/h3-11H,1-2H3. The molecule has 0 saturated heterocycles. The van der Waals surface area contributed by atoms with Crippen LogP contribution in [0.2, 0.25) is 0 Å². The highest BCUT2D eigenvalue weighted by molar-refractivity contribution is 6.16. The first-order valence-corrected chi connectivity index (χ1v) is 6.77. The van der Waals surface area contributed by atoms with E-state index < -0.39 is 0 Å². The van der Waals surface area contributed by atoms with Crippen LogP contribution in [0.1, 0.15) is 33.2 Å². The second-order valence-corrected chi connectivity index (χ2v) is 5.13. The second kappa shape index (κ2) is 5.02. The Balaban J connectivity index is 2.06. The molecule has 0 spiro atoms. The quantitative estimate of drug-likeness (QED) is 0.686. The van der Waals surface area contributed by atoms with Gasteiger partial charge in [0.15, 0.2) is 11.6 Å². The van der Waals surface area contributed by atoms with Crippen molar-refractivity contribution in [2.24, 2.45) is 7.05 Å². The molecule has 0 aliphatic heterocycles. The number of rotatable bonds is 3. The second-order valence-electron chi connectivity index (χ2n) is 5.13. The molecule has 2 aromatic carbocycles. The molecule has 0 aliphatic carbocycles. The van der Waals surface area contributed by atoms with Gasteiger partial charge in [-0.25, -0.2) is 0 Å². The lowest BCUT2D eigenvalue weighted by atomic mass is 10.0. The van der Waals surface area contributed by atoms with Gasteiger partial charge in [0.25, 0.3) is 0 Å². The predicted molar refractivity (Wildman–Crippen MR) is 82.8 cm³/mol. The first kappa shape index (κ1) is 13.3. The number of ketones is 2. The number of benzene rings is 2. The molecular weight excluding hydrogens is 262 g/mol. The number of aromatic nitrogens is 1. The number of carbonyl (C=O) groups excluding carboxylic acids is 2. The third kappa shape index (κ3) is 2.27. The lowest BCUT2D eigenvalue weighted by Crippen LogP contribution is -2.01. The molecule has 21 heavy (non-hydrogen) atoms. The van der Waals surface area contributed by atoms with E-state index >= 15 is 0 Å². The van der Waals surface area contributed by atoms with Gasteiger partial charge in [0.1, 0.15) is 0 Å². The number of aryl methyl sites for hydroxylation is 1. The zero-order valence-electron chi connectivity index (χ0n) is 12.0. The minimum atomic E-state index is -0.0260. The minimum absolute atomic E-state index is 0.000778. The summed E-state index contributed by atoms with van der Waals surface area (Å²) in [7, 11) is 1.93. The molecule has 104 valence electrons. The van der Waals surface area contributed by atoms with Gasteiger partial charge in [0.2, 0.25) is 0 Å². The molecular formula is C18H15NO2. The molecule has 0 atom stereocenters. The van der Waals surface area contributed by atoms with Gasteiger partial charge >= 0.3 is 0 Å². The molecule has 0 N–H and O–H groups in total. The van der Waals surface area contributed by atoms with Crippen LogP contribution >= 0.6 is 0 Å². The van der Waals surface area contributed by atoms with Crippen LogP contribution < -0.4 is 0 Å². The summed E-state index contributed by atoms with van der Waals surface area (Å²) in [6.07, 6.45) is 1.85. The maximum absolute atomic E-state index is 12.7. The SMILES string of the molecule is CC(=O)c1ccc(C(=O)c2cn(C)c3ccccc23)cc1. The minimum Gasteiger partial charge on any atom is -0.350 e. The highest BCUT2D eigenvalue weighted by atomic mass is 16.1. The van der Waals surface area contributed by atoms with E-state index in [2.05, 4.69) is 0 Å². The Kier molecular flexibility index (Phi) is 3.18. The maximum Gasteiger partial charge on any atom is 0.195 e. The molecule has 3 aromatic rings. The van der Waals surface area contributed by atoms with E-state index in [1.807, 2.05) is 42.1 Å². The third-order valence-corrected chi connectivity index (χ3v) is 3.70. The summed E-state index contributed by atoms with van der Waals surface area (Å²) in [4.78, 5) is 23.9. The van der Waals surface area contributed by atoms with Crippen LogP contribution in [0.5, 0.6) is 0 Å². The van der Waals surface area contributed by atoms with Crippen LogP contribution in [0, 0.1) is 0 Å². The Labute approximate surface area is 122 Å². The molecule has 1 heterocycles. The molecule has 0 amide bonds. The Bertz CT molecular complexity index is 841. The summed E-state index contributed by atoms with van der Waals surface area (Å²) in [5.41, 5.74) is 2.92. The Morgan fingerprint density at radius 1 is 0.905 bits per heavy atom. The van der Waals surface area contributed by atoms with E-state index in [4.69, 9.17) is 0 Å². The smallest absolute Gasteiger partial charge is 0.195 e. The normalized spacial score (nSPS) is 10.8. The molecule has 1 aromatic heterocycles. The summed E-state index contributed by atoms with van der Waals surface area (Å²) < 4.78 is 1.95. The molecule has 3 rings (SSSR count). The van der Waals surface area contributed by atoms with Crippen molar-refractivity contribution >= 4 is 22.5 Å². The van der Waals surface area contributed by atoms with E-state index in [0.29, 0.717) is 16.7 Å². The number of carbonyl (C=O) groups is 2. The predicted octanol–water partition coefficient (Wildman–Crippen LogP) is 3.61. The van der Waals surface area contributed by atoms with Gasteiger partial charge in [-0.3, -0.25) is 9.59 Å². The van der Waals surface area contributed by atoms with Crippen LogP contribution in [0.3, 0.4) is 0 Å². The average molecular weight is 277 g/mol. The van der Waals surface area contributed by atoms with Crippen LogP contribution in [0.15, 0.2) is 54.7 Å². The summed E-state index contributed by atoms with van der Waals surface area (Å²) in [5, 5.41) is 0.945. The Morgan fingerprint density at radius 3 is 2.19 bits per heavy atom. The molecule has 0 unspecified atom stereocenters. The van der Waals surface area contributed by atoms with Crippen molar-refractivity contribution in [1.29, 1.82) is 0 Å². The van der Waals surface area contributed by atoms with Crippen LogP contribution in [-0.2, 0) is 7.05 Å². The topological polar surface area (TPSA) is 39.1 Å². The fourth-order valence-electron chi connectivity index (χ4n) is 2.53. The number of hydrogen-bond acceptors (Lipinski definition) is 2. The van der Waals surface area contributed by atoms with Gasteiger partial charge in [0.05, 0.1) is 0 Å². The highest BCUT2D eigenvalue weighted by Crippen LogP contribution is 2.23. The monoisotopic (exact) mass is 277 g/mol. The molecule has 0 radical (unpaired) electrons. The Morgan fingerprint density at radius 2 is 1.52 bits per heavy atom. The van der Waals surface area contributed by atoms with Crippen molar-refractivity contribution in [2.75, 3.05) is 0 Å². The zero-order valence-corrected chi connectivity index (χ0v) is 12.0. The third-order valence-electron chi connectivity index (χ3n) is 3.70. The Hall–Kier alpha value is -2.68. The van der Waals surface area contributed by atoms with E-state index in [1.54, 1.807) is 24.3 Å². The molecule has 3 heteroatoms. The van der Waals surface area contributed by atoms with Gasteiger partial charge in [0, 0.05) is 40.8 Å². The number of Topliss-reactive ketones (excluding diaryl/α,β-unsaturated/α-hetero) is 1. The van der Waals surface area contributed by atoms with Crippen molar-refractivity contribution in [3.8, 4) is 0 Å².